The number of amides is 4. The zero-order valence-corrected chi connectivity index (χ0v) is 18.9. The van der Waals surface area contributed by atoms with Gasteiger partial charge in [0.15, 0.2) is 0 Å². The van der Waals surface area contributed by atoms with Crippen molar-refractivity contribution in [3.8, 4) is 0 Å². The lowest BCUT2D eigenvalue weighted by molar-refractivity contribution is -0.141. The molecule has 0 bridgehead atoms. The van der Waals surface area contributed by atoms with Crippen molar-refractivity contribution in [2.45, 2.75) is 90.5 Å². The van der Waals surface area contributed by atoms with Gasteiger partial charge in [-0.3, -0.25) is 14.5 Å². The van der Waals surface area contributed by atoms with Gasteiger partial charge in [0.1, 0.15) is 17.2 Å². The average molecular weight is 443 g/mol. The maximum Gasteiger partial charge on any atom is 0.408 e. The number of imide groups is 1. The summed E-state index contributed by atoms with van der Waals surface area (Å²) in [5, 5.41) is 14.2. The zero-order chi connectivity index (χ0) is 24.0. The minimum atomic E-state index is -1.30. The van der Waals surface area contributed by atoms with E-state index in [1.807, 2.05) is 0 Å². The van der Waals surface area contributed by atoms with Crippen LogP contribution in [0.15, 0.2) is 0 Å². The standard InChI is InChI=1S/C20H33N3O8/c1-19(2,3)30-17(28)21-11-12(23-14(24)9-10-15(23)25)7-8-13(16(26)27)22-18(29)31-20(4,5)6/h12-13H,7-11H2,1-6H3,(H,21,28)(H,22,29)(H,26,27). The number of carbonyl (C=O) groups is 5. The first-order valence-corrected chi connectivity index (χ1v) is 10.1. The summed E-state index contributed by atoms with van der Waals surface area (Å²) < 4.78 is 10.2. The minimum absolute atomic E-state index is 0.0417. The molecule has 2 atom stereocenters. The van der Waals surface area contributed by atoms with Crippen LogP contribution >= 0.6 is 0 Å². The molecule has 176 valence electrons. The zero-order valence-electron chi connectivity index (χ0n) is 18.9. The van der Waals surface area contributed by atoms with E-state index >= 15 is 0 Å². The molecule has 0 spiro atoms. The van der Waals surface area contributed by atoms with Crippen molar-refractivity contribution >= 4 is 30.0 Å². The molecule has 1 saturated heterocycles. The predicted molar refractivity (Wildman–Crippen MR) is 109 cm³/mol. The number of rotatable bonds is 8. The molecule has 0 aliphatic carbocycles. The Morgan fingerprint density at radius 3 is 1.87 bits per heavy atom. The Morgan fingerprint density at radius 1 is 0.935 bits per heavy atom. The van der Waals surface area contributed by atoms with Crippen LogP contribution in [-0.2, 0) is 23.9 Å². The molecule has 0 saturated carbocycles. The van der Waals surface area contributed by atoms with E-state index in [0.717, 1.165) is 4.90 Å². The van der Waals surface area contributed by atoms with Crippen molar-refractivity contribution in [1.82, 2.24) is 15.5 Å². The van der Waals surface area contributed by atoms with E-state index in [4.69, 9.17) is 9.47 Å². The minimum Gasteiger partial charge on any atom is -0.480 e. The molecule has 1 heterocycles. The third kappa shape index (κ3) is 9.67. The molecular weight excluding hydrogens is 410 g/mol. The third-order valence-electron chi connectivity index (χ3n) is 4.11. The molecule has 3 N–H and O–H groups in total. The van der Waals surface area contributed by atoms with Gasteiger partial charge in [-0.15, -0.1) is 0 Å². The quantitative estimate of drug-likeness (QED) is 0.480. The first-order chi connectivity index (χ1) is 14.1. The van der Waals surface area contributed by atoms with E-state index in [0.29, 0.717) is 0 Å². The average Bonchev–Trinajstić information content (AvgIpc) is 2.89. The molecule has 1 aliphatic rings. The van der Waals surface area contributed by atoms with Gasteiger partial charge in [-0.1, -0.05) is 0 Å². The number of carbonyl (C=O) groups excluding carboxylic acids is 4. The summed E-state index contributed by atoms with van der Waals surface area (Å²) in [6.07, 6.45) is -1.55. The summed E-state index contributed by atoms with van der Waals surface area (Å²) in [4.78, 5) is 60.9. The van der Waals surface area contributed by atoms with Crippen molar-refractivity contribution in [3.05, 3.63) is 0 Å². The SMILES string of the molecule is CC(C)(C)OC(=O)NCC(CCC(NC(=O)OC(C)(C)C)C(=O)O)N1C(=O)CCC1=O. The highest BCUT2D eigenvalue weighted by molar-refractivity contribution is 6.02. The highest BCUT2D eigenvalue weighted by atomic mass is 16.6. The van der Waals surface area contributed by atoms with Gasteiger partial charge in [0.05, 0.1) is 6.04 Å². The van der Waals surface area contributed by atoms with E-state index in [9.17, 15) is 29.1 Å². The number of hydrogen-bond acceptors (Lipinski definition) is 7. The van der Waals surface area contributed by atoms with Crippen LogP contribution in [0, 0.1) is 0 Å². The summed E-state index contributed by atoms with van der Waals surface area (Å²) in [5.74, 6) is -2.08. The molecule has 2 unspecified atom stereocenters. The fraction of sp³-hybridized carbons (Fsp3) is 0.750. The van der Waals surface area contributed by atoms with Crippen LogP contribution in [0.2, 0.25) is 0 Å². The van der Waals surface area contributed by atoms with Gasteiger partial charge < -0.3 is 25.2 Å². The summed E-state index contributed by atoms with van der Waals surface area (Å²) in [5.41, 5.74) is -1.54. The number of nitrogens with zero attached hydrogens (tertiary/aromatic N) is 1. The monoisotopic (exact) mass is 443 g/mol. The molecule has 1 rings (SSSR count). The third-order valence-corrected chi connectivity index (χ3v) is 4.11. The second-order valence-electron chi connectivity index (χ2n) is 9.31. The van der Waals surface area contributed by atoms with Gasteiger partial charge in [0, 0.05) is 19.4 Å². The molecule has 11 heteroatoms. The van der Waals surface area contributed by atoms with E-state index in [1.54, 1.807) is 41.5 Å². The maximum atomic E-state index is 12.2. The van der Waals surface area contributed by atoms with E-state index < -0.39 is 53.3 Å². The lowest BCUT2D eigenvalue weighted by Gasteiger charge is -2.28. The van der Waals surface area contributed by atoms with Crippen LogP contribution in [-0.4, -0.2) is 69.8 Å². The second-order valence-corrected chi connectivity index (χ2v) is 9.31. The van der Waals surface area contributed by atoms with Crippen LogP contribution in [0.4, 0.5) is 9.59 Å². The molecule has 4 amide bonds. The predicted octanol–water partition coefficient (Wildman–Crippen LogP) is 1.79. The van der Waals surface area contributed by atoms with Crippen molar-refractivity contribution in [1.29, 1.82) is 0 Å². The van der Waals surface area contributed by atoms with Crippen LogP contribution in [0.3, 0.4) is 0 Å². The largest absolute Gasteiger partial charge is 0.480 e. The molecule has 0 aromatic heterocycles. The number of likely N-dealkylation sites (tertiary alicyclic amines) is 1. The molecule has 31 heavy (non-hydrogen) atoms. The van der Waals surface area contributed by atoms with Crippen LogP contribution in [0.1, 0.15) is 67.2 Å². The van der Waals surface area contributed by atoms with Gasteiger partial charge in [-0.2, -0.15) is 0 Å². The first kappa shape index (κ1) is 26.2. The number of carboxylic acid groups (broad SMARTS) is 1. The summed E-state index contributed by atoms with van der Waals surface area (Å²) in [7, 11) is 0. The Morgan fingerprint density at radius 2 is 1.42 bits per heavy atom. The molecule has 0 radical (unpaired) electrons. The highest BCUT2D eigenvalue weighted by Crippen LogP contribution is 2.19. The smallest absolute Gasteiger partial charge is 0.408 e. The summed E-state index contributed by atoms with van der Waals surface area (Å²) in [6, 6.07) is -2.08. The Balaban J connectivity index is 2.84. The molecule has 1 fully saturated rings. The molecule has 1 aliphatic heterocycles. The van der Waals surface area contributed by atoms with Gasteiger partial charge in [0.2, 0.25) is 11.8 Å². The number of hydrogen-bond donors (Lipinski definition) is 3. The number of aliphatic carboxylic acids is 1. The van der Waals surface area contributed by atoms with Gasteiger partial charge in [-0.25, -0.2) is 14.4 Å². The highest BCUT2D eigenvalue weighted by Gasteiger charge is 2.36. The molecule has 0 aromatic carbocycles. The number of carboxylic acids is 1. The van der Waals surface area contributed by atoms with Crippen molar-refractivity contribution in [2.24, 2.45) is 0 Å². The topological polar surface area (TPSA) is 151 Å². The van der Waals surface area contributed by atoms with Gasteiger partial charge in [-0.05, 0) is 54.4 Å². The Bertz CT molecular complexity index is 692. The molecule has 0 aromatic rings. The van der Waals surface area contributed by atoms with Crippen molar-refractivity contribution in [3.63, 3.8) is 0 Å². The maximum absolute atomic E-state index is 12.2. The van der Waals surface area contributed by atoms with E-state index in [2.05, 4.69) is 10.6 Å². The van der Waals surface area contributed by atoms with E-state index in [-0.39, 0.29) is 32.2 Å². The Hall–Kier alpha value is -2.85. The normalized spacial score (nSPS) is 16.5. The Labute approximate surface area is 181 Å². The van der Waals surface area contributed by atoms with Crippen molar-refractivity contribution < 1.29 is 38.6 Å². The Kier molecular flexibility index (Phi) is 8.83. The number of nitrogens with one attached hydrogen (secondary N) is 2. The van der Waals surface area contributed by atoms with Gasteiger partial charge in [0.25, 0.3) is 0 Å². The second kappa shape index (κ2) is 10.5. The van der Waals surface area contributed by atoms with Crippen LogP contribution in [0.5, 0.6) is 0 Å². The van der Waals surface area contributed by atoms with Crippen molar-refractivity contribution in [2.75, 3.05) is 6.54 Å². The summed E-state index contributed by atoms with van der Waals surface area (Å²) >= 11 is 0. The number of ether oxygens (including phenoxy) is 2. The van der Waals surface area contributed by atoms with E-state index in [1.165, 1.54) is 0 Å². The summed E-state index contributed by atoms with van der Waals surface area (Å²) in [6.45, 7) is 9.90. The van der Waals surface area contributed by atoms with Crippen LogP contribution < -0.4 is 10.6 Å². The molecular formula is C20H33N3O8. The fourth-order valence-electron chi connectivity index (χ4n) is 2.91. The van der Waals surface area contributed by atoms with Crippen LogP contribution in [0.25, 0.3) is 0 Å². The van der Waals surface area contributed by atoms with Gasteiger partial charge >= 0.3 is 18.2 Å². The number of alkyl carbamates (subject to hydrolysis) is 2. The lowest BCUT2D eigenvalue weighted by atomic mass is 10.0. The lowest BCUT2D eigenvalue weighted by Crippen LogP contribution is -2.49. The molecule has 11 nitrogen and oxygen atoms in total. The fourth-order valence-corrected chi connectivity index (χ4v) is 2.91. The first-order valence-electron chi connectivity index (χ1n) is 10.1.